The molecule has 2 N–H and O–H groups in total. The molecule has 1 rings (SSSR count). The molecule has 18 atom stereocenters. The largest absolute Gasteiger partial charge is 0.394 e. The van der Waals surface area contributed by atoms with Crippen LogP contribution in [0.3, 0.4) is 0 Å². The minimum absolute atomic E-state index is 0.0414. The topological polar surface area (TPSA) is 77.4 Å². The van der Waals surface area contributed by atoms with Gasteiger partial charge in [-0.3, -0.25) is 0 Å². The number of hydrogen-bond donors (Lipinski definition) is 2. The van der Waals surface area contributed by atoms with Gasteiger partial charge in [0, 0.05) is 26.4 Å². The maximum atomic E-state index is 10.0. The van der Waals surface area contributed by atoms with Gasteiger partial charge in [0.2, 0.25) is 0 Å². The Hall–Kier alpha value is -0.240. The predicted octanol–water partition coefficient (Wildman–Crippen LogP) is 26.1. The number of ether oxygens (including phenoxy) is 4. The van der Waals surface area contributed by atoms with Gasteiger partial charge in [-0.1, -0.05) is 368 Å². The van der Waals surface area contributed by atoms with Gasteiger partial charge in [-0.2, -0.15) is 0 Å². The molecule has 6 nitrogen and oxygen atoms in total. The van der Waals surface area contributed by atoms with Crippen molar-refractivity contribution in [3.63, 3.8) is 0 Å². The fourth-order valence-corrected chi connectivity index (χ4v) is 15.4. The molecule has 92 heavy (non-hydrogen) atoms. The number of aliphatic hydroxyl groups is 2. The van der Waals surface area contributed by atoms with Crippen LogP contribution in [-0.4, -0.2) is 75.3 Å². The first-order valence-corrected chi connectivity index (χ1v) is 41.8. The van der Waals surface area contributed by atoms with Crippen molar-refractivity contribution < 1.29 is 29.2 Å². The highest BCUT2D eigenvalue weighted by atomic mass is 16.5. The molecule has 1 heterocycles. The van der Waals surface area contributed by atoms with Gasteiger partial charge in [0.25, 0.3) is 0 Å². The van der Waals surface area contributed by atoms with Crippen LogP contribution < -0.4 is 0 Å². The van der Waals surface area contributed by atoms with Gasteiger partial charge in [0.15, 0.2) is 0 Å². The van der Waals surface area contributed by atoms with E-state index in [1.807, 2.05) is 0 Å². The first kappa shape index (κ1) is 89.8. The van der Waals surface area contributed by atoms with Gasteiger partial charge in [0.1, 0.15) is 12.2 Å². The molecule has 1 saturated heterocycles. The lowest BCUT2D eigenvalue weighted by Crippen LogP contribution is -2.25. The van der Waals surface area contributed by atoms with Crippen LogP contribution >= 0.6 is 0 Å². The maximum Gasteiger partial charge on any atom is 0.104 e. The zero-order chi connectivity index (χ0) is 68.0. The van der Waals surface area contributed by atoms with E-state index in [0.717, 1.165) is 123 Å². The molecule has 0 aromatic carbocycles. The Bertz CT molecular complexity index is 1410. The SMILES string of the molecule is C[C@@H]1CCC[C@H](C)CCC[C@H](C)CC[C@@H](C)CCC[C@@H](C)CCC[C@@H](C)CCC[C@@H](C)CCOCC(CO)OCC[C@H](C)CCC[C@H](C)CCC[C@H](C)CCC[C@H](C)CC[C@@H](C)CCC[C@@H](C)CCC[C@@H](C)CCC[C@@H](C)CCOC(CO)COCC[C@H](C)CCC1. The van der Waals surface area contributed by atoms with Gasteiger partial charge in [-0.15, -0.1) is 0 Å². The Morgan fingerprint density at radius 3 is 0.467 bits per heavy atom. The second-order valence-electron chi connectivity index (χ2n) is 34.7. The van der Waals surface area contributed by atoms with Gasteiger partial charge in [-0.25, -0.2) is 0 Å². The van der Waals surface area contributed by atoms with Crippen LogP contribution in [0.25, 0.3) is 0 Å². The number of rotatable bonds is 2. The molecule has 0 bridgehead atoms. The third-order valence-corrected chi connectivity index (χ3v) is 23.5. The highest BCUT2D eigenvalue weighted by Crippen LogP contribution is 2.31. The summed E-state index contributed by atoms with van der Waals surface area (Å²) >= 11 is 0. The molecule has 1 aliphatic heterocycles. The summed E-state index contributed by atoms with van der Waals surface area (Å²) in [7, 11) is 0. The Morgan fingerprint density at radius 1 is 0.185 bits per heavy atom. The van der Waals surface area contributed by atoms with Gasteiger partial charge in [-0.05, 0) is 120 Å². The average Bonchev–Trinajstić information content (AvgIpc) is 3.70. The van der Waals surface area contributed by atoms with Crippen LogP contribution in [0.5, 0.6) is 0 Å². The Morgan fingerprint density at radius 2 is 0.315 bits per heavy atom. The summed E-state index contributed by atoms with van der Waals surface area (Å²) < 4.78 is 24.4. The standard InChI is InChI=1S/C86H172O6/c1-69-29-17-33-73(5)41-25-49-81(13)57-61-89-67-85(65-87)91-63-59-83(15)51-27-43-75(7)35-19-31-71(3)39-23-47-79(11)55-56-80(12)48-24-40-72(4)32-20-36-76(8)44-28-52-84(16)60-64-92-86(66-88)68-90-62-58-82(14)50-26-42-74(6)34-18-30-70(2)38-22-46-78(10)54-53-77(9)45-21-37-69/h69-88H,17-68H2,1-16H3/t69-,70-,71-,72-,73+,74+,75+,76+,77-,78-,79-,80-,81+,82+,83+,84+,85?,86?/m0/s1. The summed E-state index contributed by atoms with van der Waals surface area (Å²) in [5.41, 5.74) is 0. The van der Waals surface area contributed by atoms with E-state index in [4.69, 9.17) is 18.9 Å². The molecule has 0 spiro atoms. The summed E-state index contributed by atoms with van der Waals surface area (Å²) in [5.74, 6) is 12.9. The van der Waals surface area contributed by atoms with Crippen molar-refractivity contribution in [2.75, 3.05) is 52.9 Å². The molecule has 2 unspecified atom stereocenters. The van der Waals surface area contributed by atoms with E-state index in [0.29, 0.717) is 36.9 Å². The Balaban J connectivity index is 2.51. The van der Waals surface area contributed by atoms with Crippen LogP contribution in [0.15, 0.2) is 0 Å². The average molecular weight is 1300 g/mol. The first-order chi connectivity index (χ1) is 44.2. The van der Waals surface area contributed by atoms with E-state index < -0.39 is 0 Å². The summed E-state index contributed by atoms with van der Waals surface area (Å²) in [5, 5.41) is 20.1. The molecule has 0 aromatic rings. The molecule has 0 aromatic heterocycles. The smallest absolute Gasteiger partial charge is 0.104 e. The molecular weight excluding hydrogens is 1130 g/mol. The van der Waals surface area contributed by atoms with Crippen LogP contribution in [0, 0.1) is 94.7 Å². The van der Waals surface area contributed by atoms with Crippen molar-refractivity contribution in [3.05, 3.63) is 0 Å². The first-order valence-electron chi connectivity index (χ1n) is 41.8. The molecular formula is C86H172O6. The van der Waals surface area contributed by atoms with Crippen LogP contribution in [0.4, 0.5) is 0 Å². The van der Waals surface area contributed by atoms with Crippen molar-refractivity contribution in [2.24, 2.45) is 94.7 Å². The molecule has 0 amide bonds. The van der Waals surface area contributed by atoms with Gasteiger partial charge in [0.05, 0.1) is 26.4 Å². The van der Waals surface area contributed by atoms with E-state index in [-0.39, 0.29) is 25.4 Å². The highest BCUT2D eigenvalue weighted by molar-refractivity contribution is 4.70. The second-order valence-corrected chi connectivity index (χ2v) is 34.7. The second kappa shape index (κ2) is 60.7. The third-order valence-electron chi connectivity index (χ3n) is 23.5. The minimum Gasteiger partial charge on any atom is -0.394 e. The third kappa shape index (κ3) is 56.6. The molecule has 0 radical (unpaired) electrons. The summed E-state index contributed by atoms with van der Waals surface area (Å²) in [4.78, 5) is 0. The lowest BCUT2D eigenvalue weighted by atomic mass is 9.88. The van der Waals surface area contributed by atoms with Crippen molar-refractivity contribution in [3.8, 4) is 0 Å². The van der Waals surface area contributed by atoms with E-state index >= 15 is 0 Å². The molecule has 1 fully saturated rings. The van der Waals surface area contributed by atoms with E-state index in [2.05, 4.69) is 111 Å². The number of hydrogen-bond acceptors (Lipinski definition) is 6. The quantitative estimate of drug-likeness (QED) is 0.287. The molecule has 0 saturated carbocycles. The Labute approximate surface area is 579 Å². The number of aliphatic hydroxyl groups excluding tert-OH is 2. The fourth-order valence-electron chi connectivity index (χ4n) is 15.4. The van der Waals surface area contributed by atoms with Crippen molar-refractivity contribution in [2.45, 2.75) is 406 Å². The van der Waals surface area contributed by atoms with Crippen molar-refractivity contribution >= 4 is 0 Å². The fraction of sp³-hybridized carbons (Fsp3) is 1.00. The van der Waals surface area contributed by atoms with E-state index in [9.17, 15) is 10.2 Å². The van der Waals surface area contributed by atoms with Crippen LogP contribution in [0.1, 0.15) is 393 Å². The van der Waals surface area contributed by atoms with Gasteiger partial charge >= 0.3 is 0 Å². The molecule has 1 aliphatic rings. The minimum atomic E-state index is -0.204. The maximum absolute atomic E-state index is 10.0. The van der Waals surface area contributed by atoms with Gasteiger partial charge < -0.3 is 29.2 Å². The van der Waals surface area contributed by atoms with Crippen LogP contribution in [-0.2, 0) is 18.9 Å². The Kier molecular flexibility index (Phi) is 59.2. The summed E-state index contributed by atoms with van der Waals surface area (Å²) in [6, 6.07) is 0. The zero-order valence-corrected chi connectivity index (χ0v) is 65.7. The lowest BCUT2D eigenvalue weighted by molar-refractivity contribution is -0.0471. The highest BCUT2D eigenvalue weighted by Gasteiger charge is 2.18. The van der Waals surface area contributed by atoms with E-state index in [1.165, 1.54) is 257 Å². The van der Waals surface area contributed by atoms with Crippen molar-refractivity contribution in [1.82, 2.24) is 0 Å². The van der Waals surface area contributed by atoms with Crippen molar-refractivity contribution in [1.29, 1.82) is 0 Å². The monoisotopic (exact) mass is 1300 g/mol. The normalized spacial score (nSPS) is 36.1. The molecule has 552 valence electrons. The zero-order valence-electron chi connectivity index (χ0n) is 65.7. The van der Waals surface area contributed by atoms with E-state index in [1.54, 1.807) is 0 Å². The predicted molar refractivity (Wildman–Crippen MR) is 405 cm³/mol. The summed E-state index contributed by atoms with van der Waals surface area (Å²) in [6.45, 7) is 43.7. The van der Waals surface area contributed by atoms with Crippen LogP contribution in [0.2, 0.25) is 0 Å². The lowest BCUT2D eigenvalue weighted by Gasteiger charge is -2.19. The summed E-state index contributed by atoms with van der Waals surface area (Å²) in [6.07, 6.45) is 59.0. The molecule has 6 heteroatoms. The molecule has 0 aliphatic carbocycles.